The van der Waals surface area contributed by atoms with Crippen molar-refractivity contribution in [3.63, 3.8) is 0 Å². The molecule has 3 atom stereocenters. The first kappa shape index (κ1) is 17.4. The van der Waals surface area contributed by atoms with Gasteiger partial charge in [0.2, 0.25) is 0 Å². The van der Waals surface area contributed by atoms with Crippen molar-refractivity contribution in [3.8, 4) is 0 Å². The summed E-state index contributed by atoms with van der Waals surface area (Å²) in [6.45, 7) is 3.60. The average molecular weight is 296 g/mol. The number of rotatable bonds is 0. The Morgan fingerprint density at radius 1 is 1.00 bits per heavy atom. The molecule has 5 heteroatoms. The molecular weight excluding hydrogens is 272 g/mol. The van der Waals surface area contributed by atoms with Crippen LogP contribution in [0.1, 0.15) is 46.0 Å². The molecule has 118 valence electrons. The Hall–Kier alpha value is -1.62. The van der Waals surface area contributed by atoms with E-state index in [1.807, 2.05) is 6.92 Å². The fourth-order valence-electron chi connectivity index (χ4n) is 1.99. The van der Waals surface area contributed by atoms with E-state index in [1.54, 1.807) is 13.0 Å². The Kier molecular flexibility index (Phi) is 7.75. The fourth-order valence-corrected chi connectivity index (χ4v) is 1.99. The van der Waals surface area contributed by atoms with Gasteiger partial charge >= 0.3 is 11.9 Å². The second-order valence-corrected chi connectivity index (χ2v) is 5.33. The molecule has 1 aliphatic rings. The van der Waals surface area contributed by atoms with Crippen LogP contribution in [0, 0.1) is 0 Å². The molecule has 0 saturated heterocycles. The van der Waals surface area contributed by atoms with Crippen LogP contribution in [-0.2, 0) is 19.1 Å². The fraction of sp³-hybridized carbons (Fsp3) is 0.625. The maximum Gasteiger partial charge on any atom is 0.330 e. The monoisotopic (exact) mass is 296 g/mol. The van der Waals surface area contributed by atoms with Gasteiger partial charge in [-0.15, -0.1) is 0 Å². The van der Waals surface area contributed by atoms with E-state index >= 15 is 0 Å². The molecular formula is C16H24O5. The lowest BCUT2D eigenvalue weighted by atomic mass is 10.1. The summed E-state index contributed by atoms with van der Waals surface area (Å²) in [5.74, 6) is -0.803. The standard InChI is InChI=1S/C16H24O5/c1-12-6-4-3-5-7-15(18)21-13(2)8-9-14(17)10-11-16(19)20-12/h5,7,10-14,17H,3-4,6,8-9H2,1-2H3/b7-5+,11-10+/t12-,13-,14+/m1/s1. The average Bonchev–Trinajstić information content (AvgIpc) is 2.41. The number of carbonyl (C=O) groups is 2. The second kappa shape index (κ2) is 9.34. The molecule has 0 spiro atoms. The lowest BCUT2D eigenvalue weighted by molar-refractivity contribution is -0.143. The highest BCUT2D eigenvalue weighted by Gasteiger charge is 2.11. The van der Waals surface area contributed by atoms with E-state index in [4.69, 9.17) is 9.47 Å². The van der Waals surface area contributed by atoms with Crippen LogP contribution in [0.3, 0.4) is 0 Å². The van der Waals surface area contributed by atoms with E-state index in [9.17, 15) is 14.7 Å². The minimum atomic E-state index is -0.752. The third kappa shape index (κ3) is 8.30. The topological polar surface area (TPSA) is 72.8 Å². The molecule has 1 aliphatic heterocycles. The van der Waals surface area contributed by atoms with Crippen LogP contribution in [0.2, 0.25) is 0 Å². The van der Waals surface area contributed by atoms with E-state index in [0.717, 1.165) is 19.3 Å². The van der Waals surface area contributed by atoms with Gasteiger partial charge in [0.25, 0.3) is 0 Å². The van der Waals surface area contributed by atoms with Crippen molar-refractivity contribution in [2.45, 2.75) is 64.3 Å². The van der Waals surface area contributed by atoms with E-state index in [-0.39, 0.29) is 18.2 Å². The summed E-state index contributed by atoms with van der Waals surface area (Å²) < 4.78 is 10.4. The van der Waals surface area contributed by atoms with Gasteiger partial charge in [0.05, 0.1) is 18.3 Å². The number of hydrogen-bond acceptors (Lipinski definition) is 5. The summed E-state index contributed by atoms with van der Waals surface area (Å²) in [4.78, 5) is 23.1. The number of hydrogen-bond donors (Lipinski definition) is 1. The molecule has 0 aromatic heterocycles. The molecule has 0 amide bonds. The molecule has 0 unspecified atom stereocenters. The van der Waals surface area contributed by atoms with Crippen LogP contribution >= 0.6 is 0 Å². The molecule has 1 rings (SSSR count). The van der Waals surface area contributed by atoms with Crippen LogP contribution in [0.25, 0.3) is 0 Å². The van der Waals surface area contributed by atoms with Crippen molar-refractivity contribution in [2.24, 2.45) is 0 Å². The van der Waals surface area contributed by atoms with E-state index in [2.05, 4.69) is 0 Å². The van der Waals surface area contributed by atoms with Crippen LogP contribution in [0.5, 0.6) is 0 Å². The quantitative estimate of drug-likeness (QED) is 0.694. The molecule has 0 saturated carbocycles. The predicted molar refractivity (Wildman–Crippen MR) is 78.5 cm³/mol. The summed E-state index contributed by atoms with van der Waals surface area (Å²) in [7, 11) is 0. The number of carbonyl (C=O) groups excluding carboxylic acids is 2. The summed E-state index contributed by atoms with van der Waals surface area (Å²) in [6, 6.07) is 0. The first-order chi connectivity index (χ1) is 9.97. The highest BCUT2D eigenvalue weighted by atomic mass is 16.5. The van der Waals surface area contributed by atoms with Gasteiger partial charge in [-0.05, 0) is 52.0 Å². The van der Waals surface area contributed by atoms with Gasteiger partial charge in [-0.25, -0.2) is 9.59 Å². The maximum absolute atomic E-state index is 11.5. The van der Waals surface area contributed by atoms with Gasteiger partial charge in [0.1, 0.15) is 0 Å². The van der Waals surface area contributed by atoms with Gasteiger partial charge in [-0.3, -0.25) is 0 Å². The minimum absolute atomic E-state index is 0.187. The molecule has 0 radical (unpaired) electrons. The van der Waals surface area contributed by atoms with Crippen molar-refractivity contribution >= 4 is 11.9 Å². The third-order valence-corrected chi connectivity index (χ3v) is 3.19. The zero-order chi connectivity index (χ0) is 15.7. The molecule has 0 aromatic carbocycles. The van der Waals surface area contributed by atoms with Crippen molar-refractivity contribution in [2.75, 3.05) is 0 Å². The Bertz CT molecular complexity index is 399. The number of allylic oxidation sites excluding steroid dienone is 1. The van der Waals surface area contributed by atoms with Crippen LogP contribution in [0.4, 0.5) is 0 Å². The zero-order valence-corrected chi connectivity index (χ0v) is 12.7. The Morgan fingerprint density at radius 3 is 2.33 bits per heavy atom. The lowest BCUT2D eigenvalue weighted by Gasteiger charge is -2.14. The van der Waals surface area contributed by atoms with Gasteiger partial charge in [0.15, 0.2) is 0 Å². The Morgan fingerprint density at radius 2 is 1.62 bits per heavy atom. The molecule has 1 heterocycles. The number of cyclic esters (lactones) is 2. The number of ether oxygens (including phenoxy) is 2. The third-order valence-electron chi connectivity index (χ3n) is 3.19. The van der Waals surface area contributed by atoms with Crippen LogP contribution < -0.4 is 0 Å². The first-order valence-corrected chi connectivity index (χ1v) is 7.41. The number of aliphatic hydroxyl groups is 1. The summed E-state index contributed by atoms with van der Waals surface area (Å²) >= 11 is 0. The van der Waals surface area contributed by atoms with Crippen molar-refractivity contribution in [1.29, 1.82) is 0 Å². The van der Waals surface area contributed by atoms with E-state index in [1.165, 1.54) is 18.2 Å². The van der Waals surface area contributed by atoms with Crippen LogP contribution in [0.15, 0.2) is 24.3 Å². The van der Waals surface area contributed by atoms with Crippen molar-refractivity contribution in [3.05, 3.63) is 24.3 Å². The summed E-state index contributed by atoms with van der Waals surface area (Å²) in [5.41, 5.74) is 0. The number of aliphatic hydroxyl groups excluding tert-OH is 1. The minimum Gasteiger partial charge on any atom is -0.460 e. The Balaban J connectivity index is 2.62. The van der Waals surface area contributed by atoms with Gasteiger partial charge in [-0.2, -0.15) is 0 Å². The molecule has 0 fully saturated rings. The summed E-state index contributed by atoms with van der Waals surface area (Å²) in [6.07, 6.45) is 7.86. The number of esters is 2. The predicted octanol–water partition coefficient (Wildman–Crippen LogP) is 2.29. The van der Waals surface area contributed by atoms with Crippen LogP contribution in [-0.4, -0.2) is 35.4 Å². The highest BCUT2D eigenvalue weighted by Crippen LogP contribution is 2.09. The van der Waals surface area contributed by atoms with Crippen molar-refractivity contribution < 1.29 is 24.2 Å². The molecule has 0 aliphatic carbocycles. The van der Waals surface area contributed by atoms with Gasteiger partial charge in [-0.1, -0.05) is 6.08 Å². The molecule has 21 heavy (non-hydrogen) atoms. The van der Waals surface area contributed by atoms with Crippen molar-refractivity contribution in [1.82, 2.24) is 0 Å². The largest absolute Gasteiger partial charge is 0.460 e. The maximum atomic E-state index is 11.5. The zero-order valence-electron chi connectivity index (χ0n) is 12.7. The molecule has 0 bridgehead atoms. The highest BCUT2D eigenvalue weighted by molar-refractivity contribution is 5.82. The molecule has 5 nitrogen and oxygen atoms in total. The SMILES string of the molecule is C[C@@H]1CCC/C=C/C(=O)O[C@H](C)CC[C@H](O)/C=C/C(=O)O1. The van der Waals surface area contributed by atoms with E-state index < -0.39 is 12.1 Å². The lowest BCUT2D eigenvalue weighted by Crippen LogP contribution is -2.17. The van der Waals surface area contributed by atoms with E-state index in [0.29, 0.717) is 12.8 Å². The summed E-state index contributed by atoms with van der Waals surface area (Å²) in [5, 5.41) is 9.74. The van der Waals surface area contributed by atoms with Gasteiger partial charge in [0, 0.05) is 12.2 Å². The van der Waals surface area contributed by atoms with Gasteiger partial charge < -0.3 is 14.6 Å². The normalized spacial score (nSPS) is 32.8. The molecule has 0 aromatic rings. The smallest absolute Gasteiger partial charge is 0.330 e. The molecule has 1 N–H and O–H groups in total. The first-order valence-electron chi connectivity index (χ1n) is 7.41. The Labute approximate surface area is 125 Å². The second-order valence-electron chi connectivity index (χ2n) is 5.33.